The normalized spacial score (nSPS) is 10.2. The van der Waals surface area contributed by atoms with Crippen molar-refractivity contribution < 1.29 is 28.9 Å². The van der Waals surface area contributed by atoms with E-state index in [9.17, 15) is 9.59 Å². The van der Waals surface area contributed by atoms with Crippen molar-refractivity contribution in [2.24, 2.45) is 0 Å². The Morgan fingerprint density at radius 3 is 2.27 bits per heavy atom. The van der Waals surface area contributed by atoms with Gasteiger partial charge >= 0.3 is 12.1 Å². The number of carbonyl (C=O) groups is 2. The van der Waals surface area contributed by atoms with E-state index >= 15 is 0 Å². The van der Waals surface area contributed by atoms with Crippen LogP contribution in [0, 0.1) is 0 Å². The molecule has 26 heavy (non-hydrogen) atoms. The van der Waals surface area contributed by atoms with Crippen molar-refractivity contribution in [1.82, 2.24) is 0 Å². The Balaban J connectivity index is 2.28. The Morgan fingerprint density at radius 2 is 1.65 bits per heavy atom. The lowest BCUT2D eigenvalue weighted by Crippen LogP contribution is -2.15. The summed E-state index contributed by atoms with van der Waals surface area (Å²) in [6.45, 7) is 4.46. The van der Waals surface area contributed by atoms with Crippen molar-refractivity contribution in [1.29, 1.82) is 0 Å². The van der Waals surface area contributed by atoms with Crippen LogP contribution < -0.4 is 14.2 Å². The molecule has 1 N–H and O–H groups in total. The quantitative estimate of drug-likeness (QED) is 0.418. The highest BCUT2D eigenvalue weighted by Crippen LogP contribution is 2.27. The SMILES string of the molecule is CCCCc1cccc(OC(=O)O)c1C(=O)Oc1ccc(OCC)cc1. The zero-order valence-electron chi connectivity index (χ0n) is 14.9. The molecule has 0 aromatic heterocycles. The Bertz CT molecular complexity index is 751. The fourth-order valence-electron chi connectivity index (χ4n) is 2.49. The number of ether oxygens (including phenoxy) is 3. The summed E-state index contributed by atoms with van der Waals surface area (Å²) >= 11 is 0. The lowest BCUT2D eigenvalue weighted by molar-refractivity contribution is 0.0729. The number of rotatable bonds is 8. The smallest absolute Gasteiger partial charge is 0.494 e. The number of carbonyl (C=O) groups excluding carboxylic acids is 1. The minimum Gasteiger partial charge on any atom is -0.494 e. The van der Waals surface area contributed by atoms with Gasteiger partial charge in [0, 0.05) is 0 Å². The molecule has 2 aromatic carbocycles. The summed E-state index contributed by atoms with van der Waals surface area (Å²) in [5.41, 5.74) is 0.832. The molecule has 0 saturated heterocycles. The van der Waals surface area contributed by atoms with Crippen LogP contribution >= 0.6 is 0 Å². The first-order chi connectivity index (χ1) is 12.5. The van der Waals surface area contributed by atoms with Crippen LogP contribution in [0.4, 0.5) is 4.79 Å². The highest BCUT2D eigenvalue weighted by Gasteiger charge is 2.21. The summed E-state index contributed by atoms with van der Waals surface area (Å²) in [5, 5.41) is 8.92. The van der Waals surface area contributed by atoms with E-state index in [1.54, 1.807) is 36.4 Å². The summed E-state index contributed by atoms with van der Waals surface area (Å²) in [4.78, 5) is 23.6. The standard InChI is InChI=1S/C20H22O6/c1-3-5-7-14-8-6-9-17(26-20(22)23)18(14)19(21)25-16-12-10-15(11-13-16)24-4-2/h6,8-13H,3-5,7H2,1-2H3,(H,22,23). The molecule has 0 saturated carbocycles. The molecule has 0 aliphatic heterocycles. The van der Waals surface area contributed by atoms with E-state index in [0.717, 1.165) is 12.8 Å². The van der Waals surface area contributed by atoms with Gasteiger partial charge in [0.1, 0.15) is 22.8 Å². The summed E-state index contributed by atoms with van der Waals surface area (Å²) in [7, 11) is 0. The van der Waals surface area contributed by atoms with Gasteiger partial charge in [-0.1, -0.05) is 25.5 Å². The van der Waals surface area contributed by atoms with Crippen molar-refractivity contribution in [3.63, 3.8) is 0 Å². The van der Waals surface area contributed by atoms with Gasteiger partial charge in [-0.25, -0.2) is 9.59 Å². The molecule has 0 amide bonds. The molecule has 0 atom stereocenters. The summed E-state index contributed by atoms with van der Waals surface area (Å²) < 4.78 is 15.5. The Kier molecular flexibility index (Phi) is 7.02. The van der Waals surface area contributed by atoms with Crippen molar-refractivity contribution in [2.45, 2.75) is 33.1 Å². The number of hydrogen-bond donors (Lipinski definition) is 1. The van der Waals surface area contributed by atoms with Crippen LogP contribution in [0.1, 0.15) is 42.6 Å². The zero-order valence-corrected chi connectivity index (χ0v) is 14.9. The molecule has 2 aromatic rings. The van der Waals surface area contributed by atoms with E-state index in [2.05, 4.69) is 0 Å². The van der Waals surface area contributed by atoms with Crippen molar-refractivity contribution in [3.05, 3.63) is 53.6 Å². The van der Waals surface area contributed by atoms with Crippen molar-refractivity contribution >= 4 is 12.1 Å². The molecule has 0 aliphatic carbocycles. The Morgan fingerprint density at radius 1 is 0.962 bits per heavy atom. The summed E-state index contributed by atoms with van der Waals surface area (Å²) in [6.07, 6.45) is 0.950. The van der Waals surface area contributed by atoms with Gasteiger partial charge in [0.15, 0.2) is 0 Å². The molecule has 0 unspecified atom stereocenters. The van der Waals surface area contributed by atoms with E-state index in [1.165, 1.54) is 6.07 Å². The van der Waals surface area contributed by atoms with Gasteiger partial charge in [0.05, 0.1) is 6.61 Å². The van der Waals surface area contributed by atoms with Crippen LogP contribution in [0.15, 0.2) is 42.5 Å². The van der Waals surface area contributed by atoms with E-state index in [-0.39, 0.29) is 11.3 Å². The van der Waals surface area contributed by atoms with Crippen LogP contribution in [0.3, 0.4) is 0 Å². The van der Waals surface area contributed by atoms with E-state index in [0.29, 0.717) is 30.1 Å². The second-order valence-corrected chi connectivity index (χ2v) is 5.56. The van der Waals surface area contributed by atoms with Crippen LogP contribution in [0.5, 0.6) is 17.2 Å². The molecule has 138 valence electrons. The average Bonchev–Trinajstić information content (AvgIpc) is 2.61. The number of esters is 1. The van der Waals surface area contributed by atoms with E-state index in [4.69, 9.17) is 19.3 Å². The third-order valence-electron chi connectivity index (χ3n) is 3.66. The lowest BCUT2D eigenvalue weighted by atomic mass is 10.0. The van der Waals surface area contributed by atoms with Gasteiger partial charge in [-0.05, 0) is 55.7 Å². The minimum absolute atomic E-state index is 0.0259. The monoisotopic (exact) mass is 358 g/mol. The van der Waals surface area contributed by atoms with Gasteiger partial charge < -0.3 is 19.3 Å². The maximum atomic E-state index is 12.7. The fraction of sp³-hybridized carbons (Fsp3) is 0.300. The van der Waals surface area contributed by atoms with Gasteiger partial charge in [-0.15, -0.1) is 0 Å². The molecule has 0 radical (unpaired) electrons. The predicted octanol–water partition coefficient (Wildman–Crippen LogP) is 4.70. The molecule has 0 aliphatic rings. The number of unbranched alkanes of at least 4 members (excludes halogenated alkanes) is 1. The maximum absolute atomic E-state index is 12.7. The number of hydrogen-bond acceptors (Lipinski definition) is 5. The first-order valence-corrected chi connectivity index (χ1v) is 8.52. The first-order valence-electron chi connectivity index (χ1n) is 8.52. The second kappa shape index (κ2) is 9.46. The molecule has 6 nitrogen and oxygen atoms in total. The van der Waals surface area contributed by atoms with Crippen LogP contribution in [0.25, 0.3) is 0 Å². The first kappa shape index (κ1) is 19.3. The van der Waals surface area contributed by atoms with Gasteiger partial charge in [0.2, 0.25) is 0 Å². The number of aryl methyl sites for hydroxylation is 1. The van der Waals surface area contributed by atoms with Gasteiger partial charge in [-0.3, -0.25) is 0 Å². The summed E-state index contributed by atoms with van der Waals surface area (Å²) in [6, 6.07) is 11.5. The Hall–Kier alpha value is -3.02. The molecule has 0 heterocycles. The molecule has 0 bridgehead atoms. The largest absolute Gasteiger partial charge is 0.511 e. The topological polar surface area (TPSA) is 82.1 Å². The molecule has 6 heteroatoms. The molecular formula is C20H22O6. The fourth-order valence-corrected chi connectivity index (χ4v) is 2.49. The van der Waals surface area contributed by atoms with E-state index in [1.807, 2.05) is 13.8 Å². The van der Waals surface area contributed by atoms with Crippen molar-refractivity contribution in [2.75, 3.05) is 6.61 Å². The summed E-state index contributed by atoms with van der Waals surface area (Å²) in [5.74, 6) is 0.328. The van der Waals surface area contributed by atoms with Gasteiger partial charge in [0.25, 0.3) is 0 Å². The zero-order chi connectivity index (χ0) is 18.9. The van der Waals surface area contributed by atoms with Gasteiger partial charge in [-0.2, -0.15) is 0 Å². The van der Waals surface area contributed by atoms with Crippen LogP contribution in [0.2, 0.25) is 0 Å². The molecule has 0 fully saturated rings. The van der Waals surface area contributed by atoms with Crippen molar-refractivity contribution in [3.8, 4) is 17.2 Å². The highest BCUT2D eigenvalue weighted by atomic mass is 16.7. The third-order valence-corrected chi connectivity index (χ3v) is 3.66. The predicted molar refractivity (Wildman–Crippen MR) is 96.3 cm³/mol. The molecular weight excluding hydrogens is 336 g/mol. The van der Waals surface area contributed by atoms with Crippen LogP contribution in [-0.4, -0.2) is 23.8 Å². The highest BCUT2D eigenvalue weighted by molar-refractivity contribution is 5.96. The molecule has 0 spiro atoms. The lowest BCUT2D eigenvalue weighted by Gasteiger charge is -2.13. The maximum Gasteiger partial charge on any atom is 0.511 e. The minimum atomic E-state index is -1.48. The van der Waals surface area contributed by atoms with Crippen LogP contribution in [-0.2, 0) is 6.42 Å². The number of carboxylic acid groups (broad SMARTS) is 1. The third kappa shape index (κ3) is 5.24. The number of benzene rings is 2. The second-order valence-electron chi connectivity index (χ2n) is 5.56. The average molecular weight is 358 g/mol. The van der Waals surface area contributed by atoms with E-state index < -0.39 is 12.1 Å². The molecule has 2 rings (SSSR count). The Labute approximate surface area is 152 Å².